The fourth-order valence-corrected chi connectivity index (χ4v) is 5.53. The van der Waals surface area contributed by atoms with E-state index in [4.69, 9.17) is 4.74 Å². The van der Waals surface area contributed by atoms with Crippen molar-refractivity contribution in [1.82, 2.24) is 4.90 Å². The van der Waals surface area contributed by atoms with Crippen molar-refractivity contribution >= 4 is 29.5 Å². The Balaban J connectivity index is 2.14. The first-order valence-corrected chi connectivity index (χ1v) is 7.85. The Kier molecular flexibility index (Phi) is 3.98. The maximum Gasteiger partial charge on any atom is 0.333 e. The van der Waals surface area contributed by atoms with Gasteiger partial charge in [-0.3, -0.25) is 0 Å². The van der Waals surface area contributed by atoms with Crippen molar-refractivity contribution in [2.45, 2.75) is 36.8 Å². The molecule has 2 atom stereocenters. The van der Waals surface area contributed by atoms with Crippen molar-refractivity contribution in [3.05, 3.63) is 11.1 Å². The average Bonchev–Trinajstić information content (AvgIpc) is 2.51. The average molecular weight is 273 g/mol. The van der Waals surface area contributed by atoms with E-state index < -0.39 is 0 Å². The molecule has 2 aliphatic heterocycles. The molecule has 17 heavy (non-hydrogen) atoms. The minimum Gasteiger partial charge on any atom is -0.463 e. The topological polar surface area (TPSA) is 29.5 Å². The van der Waals surface area contributed by atoms with Gasteiger partial charge in [-0.1, -0.05) is 11.8 Å². The number of nitrogens with zero attached hydrogens (tertiary/aromatic N) is 1. The molecule has 2 aliphatic rings. The molecule has 0 aliphatic carbocycles. The molecule has 0 saturated carbocycles. The number of hydrogen-bond acceptors (Lipinski definition) is 5. The summed E-state index contributed by atoms with van der Waals surface area (Å²) in [5.41, 5.74) is 0. The Morgan fingerprint density at radius 1 is 1.71 bits per heavy atom. The third-order valence-corrected chi connectivity index (χ3v) is 6.52. The van der Waals surface area contributed by atoms with Gasteiger partial charge in [0.05, 0.1) is 23.1 Å². The van der Waals surface area contributed by atoms with E-state index in [9.17, 15) is 4.79 Å². The van der Waals surface area contributed by atoms with Crippen LogP contribution in [0.4, 0.5) is 0 Å². The quantitative estimate of drug-likeness (QED) is 0.570. The van der Waals surface area contributed by atoms with Gasteiger partial charge < -0.3 is 9.64 Å². The van der Waals surface area contributed by atoms with E-state index in [0.29, 0.717) is 12.0 Å². The van der Waals surface area contributed by atoms with E-state index in [1.165, 1.54) is 18.6 Å². The van der Waals surface area contributed by atoms with Crippen LogP contribution in [0.1, 0.15) is 26.7 Å². The summed E-state index contributed by atoms with van der Waals surface area (Å²) >= 11 is 3.82. The second kappa shape index (κ2) is 5.14. The van der Waals surface area contributed by atoms with E-state index in [1.807, 2.05) is 30.4 Å². The Morgan fingerprint density at radius 2 is 2.47 bits per heavy atom. The third-order valence-electron chi connectivity index (χ3n) is 3.18. The van der Waals surface area contributed by atoms with Crippen LogP contribution in [-0.2, 0) is 9.53 Å². The predicted octanol–water partition coefficient (Wildman–Crippen LogP) is 2.68. The third kappa shape index (κ3) is 2.60. The summed E-state index contributed by atoms with van der Waals surface area (Å²) in [4.78, 5) is 13.7. The van der Waals surface area contributed by atoms with Crippen molar-refractivity contribution in [2.75, 3.05) is 19.4 Å². The first kappa shape index (κ1) is 13.1. The summed E-state index contributed by atoms with van der Waals surface area (Å²) in [5.74, 6) is 0.992. The molecule has 3 nitrogen and oxygen atoms in total. The number of thioether (sulfide) groups is 2. The van der Waals surface area contributed by atoms with Crippen LogP contribution in [-0.4, -0.2) is 40.4 Å². The van der Waals surface area contributed by atoms with Crippen molar-refractivity contribution < 1.29 is 9.53 Å². The highest BCUT2D eigenvalue weighted by atomic mass is 32.2. The normalized spacial score (nSPS) is 34.9. The molecule has 0 aromatic heterocycles. The smallest absolute Gasteiger partial charge is 0.333 e. The van der Waals surface area contributed by atoms with Crippen LogP contribution in [0.15, 0.2) is 11.1 Å². The largest absolute Gasteiger partial charge is 0.463 e. The molecule has 0 spiro atoms. The van der Waals surface area contributed by atoms with E-state index in [0.717, 1.165) is 5.03 Å². The summed E-state index contributed by atoms with van der Waals surface area (Å²) in [6, 6.07) is 0. The molecule has 96 valence electrons. The molecule has 0 aromatic rings. The molecule has 5 heteroatoms. The lowest BCUT2D eigenvalue weighted by atomic mass is 10.0. The summed E-state index contributed by atoms with van der Waals surface area (Å²) < 4.78 is 5.22. The van der Waals surface area contributed by atoms with Crippen LogP contribution < -0.4 is 0 Å². The molecule has 0 radical (unpaired) electrons. The number of hydrogen-bond donors (Lipinski definition) is 0. The predicted molar refractivity (Wildman–Crippen MR) is 74.0 cm³/mol. The number of rotatable bonds is 2. The summed E-state index contributed by atoms with van der Waals surface area (Å²) in [5, 5.41) is 1.53. The van der Waals surface area contributed by atoms with E-state index >= 15 is 0 Å². The molecule has 0 bridgehead atoms. The van der Waals surface area contributed by atoms with Crippen LogP contribution in [0.25, 0.3) is 0 Å². The lowest BCUT2D eigenvalue weighted by Crippen LogP contribution is -2.40. The van der Waals surface area contributed by atoms with Gasteiger partial charge in [0.25, 0.3) is 0 Å². The van der Waals surface area contributed by atoms with Crippen LogP contribution >= 0.6 is 23.5 Å². The lowest BCUT2D eigenvalue weighted by molar-refractivity contribution is -0.137. The zero-order chi connectivity index (χ0) is 12.5. The van der Waals surface area contributed by atoms with Gasteiger partial charge in [-0.05, 0) is 32.4 Å². The maximum atomic E-state index is 11.5. The molecule has 0 amide bonds. The standard InChI is InChI=1S/C12H19NO2S2/c1-4-15-10(14)8-9-13(3)11-12(2,17-9)6-5-7-16-11/h8,11H,4-7H2,1-3H3/b9-8-/t11-,12+/m0/s1. The zero-order valence-corrected chi connectivity index (χ0v) is 12.2. The maximum absolute atomic E-state index is 11.5. The van der Waals surface area contributed by atoms with Gasteiger partial charge in [0, 0.05) is 11.8 Å². The molecule has 0 aromatic carbocycles. The number of carbonyl (C=O) groups excluding carboxylic acids is 1. The highest BCUT2D eigenvalue weighted by molar-refractivity contribution is 8.07. The fourth-order valence-electron chi connectivity index (χ4n) is 2.38. The minimum absolute atomic E-state index is 0.228. The second-order valence-electron chi connectivity index (χ2n) is 4.59. The van der Waals surface area contributed by atoms with Crippen molar-refractivity contribution in [2.24, 2.45) is 0 Å². The van der Waals surface area contributed by atoms with Crippen molar-refractivity contribution in [1.29, 1.82) is 0 Å². The van der Waals surface area contributed by atoms with E-state index in [1.54, 1.807) is 6.08 Å². The Hall–Kier alpha value is -0.290. The highest BCUT2D eigenvalue weighted by Gasteiger charge is 2.47. The Morgan fingerprint density at radius 3 is 3.12 bits per heavy atom. The van der Waals surface area contributed by atoms with Gasteiger partial charge in [0.2, 0.25) is 0 Å². The van der Waals surface area contributed by atoms with Crippen LogP contribution in [0.2, 0.25) is 0 Å². The Labute approximate surface area is 111 Å². The van der Waals surface area contributed by atoms with Crippen molar-refractivity contribution in [3.8, 4) is 0 Å². The van der Waals surface area contributed by atoms with Gasteiger partial charge in [0.15, 0.2) is 0 Å². The second-order valence-corrected chi connectivity index (χ2v) is 7.33. The first-order chi connectivity index (χ1) is 8.07. The fraction of sp³-hybridized carbons (Fsp3) is 0.750. The van der Waals surface area contributed by atoms with Gasteiger partial charge in [0.1, 0.15) is 0 Å². The molecule has 2 saturated heterocycles. The summed E-state index contributed by atoms with van der Waals surface area (Å²) in [6.45, 7) is 4.57. The number of ether oxygens (including phenoxy) is 1. The molecule has 0 unspecified atom stereocenters. The van der Waals surface area contributed by atoms with Crippen LogP contribution in [0.3, 0.4) is 0 Å². The number of fused-ring (bicyclic) bond motifs is 1. The van der Waals surface area contributed by atoms with Gasteiger partial charge in [-0.25, -0.2) is 4.79 Å². The summed E-state index contributed by atoms with van der Waals surface area (Å²) in [7, 11) is 2.08. The molecular formula is C12H19NO2S2. The monoisotopic (exact) mass is 273 g/mol. The SMILES string of the molecule is CCOC(=O)/C=C1\S[C@]2(C)CCCS[C@@H]2N1C. The lowest BCUT2D eigenvalue weighted by Gasteiger charge is -2.36. The molecular weight excluding hydrogens is 254 g/mol. The van der Waals surface area contributed by atoms with Crippen LogP contribution in [0, 0.1) is 0 Å². The van der Waals surface area contributed by atoms with Gasteiger partial charge in [-0.2, -0.15) is 0 Å². The molecule has 2 rings (SSSR count). The van der Waals surface area contributed by atoms with Crippen LogP contribution in [0.5, 0.6) is 0 Å². The number of esters is 1. The molecule has 2 fully saturated rings. The van der Waals surface area contributed by atoms with Gasteiger partial charge in [-0.15, -0.1) is 11.8 Å². The highest BCUT2D eigenvalue weighted by Crippen LogP contribution is 2.54. The molecule has 2 heterocycles. The molecule has 0 N–H and O–H groups in total. The zero-order valence-electron chi connectivity index (χ0n) is 10.6. The van der Waals surface area contributed by atoms with E-state index in [2.05, 4.69) is 18.9 Å². The first-order valence-electron chi connectivity index (χ1n) is 5.99. The van der Waals surface area contributed by atoms with Crippen molar-refractivity contribution in [3.63, 3.8) is 0 Å². The Bertz CT molecular complexity index is 345. The number of carbonyl (C=O) groups is 1. The minimum atomic E-state index is -0.228. The summed E-state index contributed by atoms with van der Waals surface area (Å²) in [6.07, 6.45) is 4.13. The van der Waals surface area contributed by atoms with E-state index in [-0.39, 0.29) is 10.7 Å². The van der Waals surface area contributed by atoms with Gasteiger partial charge >= 0.3 is 5.97 Å².